The maximum Gasteiger partial charge on any atom is 0.330 e. The normalized spacial score (nSPS) is 37.2. The van der Waals surface area contributed by atoms with E-state index in [-0.39, 0.29) is 11.9 Å². The lowest BCUT2D eigenvalue weighted by molar-refractivity contribution is -0.139. The Bertz CT molecular complexity index is 498. The predicted molar refractivity (Wildman–Crippen MR) is 86.3 cm³/mol. The Hall–Kier alpha value is -1.58. The first-order valence-corrected chi connectivity index (χ1v) is 8.70. The van der Waals surface area contributed by atoms with Crippen molar-refractivity contribution in [2.45, 2.75) is 32.1 Å². The van der Waals surface area contributed by atoms with E-state index in [1.165, 1.54) is 37.8 Å². The molecule has 0 aromatic heterocycles. The highest BCUT2D eigenvalue weighted by atomic mass is 16.5. The molecule has 0 saturated heterocycles. The van der Waals surface area contributed by atoms with E-state index in [0.717, 1.165) is 30.1 Å². The lowest BCUT2D eigenvalue weighted by atomic mass is 9.75. The average Bonchev–Trinajstić information content (AvgIpc) is 3.23. The number of fused-ring (bicyclic) bond motifs is 5. The van der Waals surface area contributed by atoms with Crippen LogP contribution in [0.3, 0.4) is 0 Å². The summed E-state index contributed by atoms with van der Waals surface area (Å²) in [6.45, 7) is 7.91. The Labute approximate surface area is 137 Å². The molecule has 3 aliphatic carbocycles. The van der Waals surface area contributed by atoms with E-state index >= 15 is 0 Å². The molecule has 0 amide bonds. The van der Waals surface area contributed by atoms with Crippen molar-refractivity contribution in [2.24, 2.45) is 35.5 Å². The van der Waals surface area contributed by atoms with E-state index in [1.807, 2.05) is 0 Å². The Morgan fingerprint density at radius 1 is 0.913 bits per heavy atom. The van der Waals surface area contributed by atoms with Gasteiger partial charge in [0.25, 0.3) is 0 Å². The molecule has 23 heavy (non-hydrogen) atoms. The standard InChI is InChI=1S/C19H26O4/c1-3-18(20)22-6-5-13-9-14-10-16(13)17-8-12(7-15(14)17)11-23-19(21)4-2/h3-4,12-17H,1-2,5-11H2. The number of hydrogen-bond acceptors (Lipinski definition) is 4. The molecule has 0 radical (unpaired) electrons. The van der Waals surface area contributed by atoms with Crippen LogP contribution < -0.4 is 0 Å². The third kappa shape index (κ3) is 3.36. The topological polar surface area (TPSA) is 52.6 Å². The number of rotatable bonds is 7. The molecule has 0 aromatic carbocycles. The Kier molecular flexibility index (Phi) is 4.88. The van der Waals surface area contributed by atoms with Crippen LogP contribution in [0.15, 0.2) is 25.3 Å². The van der Waals surface area contributed by atoms with Crippen LogP contribution in [-0.4, -0.2) is 25.2 Å². The van der Waals surface area contributed by atoms with Crippen LogP contribution >= 0.6 is 0 Å². The smallest absolute Gasteiger partial charge is 0.330 e. The summed E-state index contributed by atoms with van der Waals surface area (Å²) in [6, 6.07) is 0. The van der Waals surface area contributed by atoms with E-state index < -0.39 is 0 Å². The quantitative estimate of drug-likeness (QED) is 0.534. The SMILES string of the molecule is C=CC(=O)OCCC1CC2CC1C1CC(COC(=O)C=C)CC21. The number of ether oxygens (including phenoxy) is 2. The molecule has 3 aliphatic rings. The molecule has 0 heterocycles. The second kappa shape index (κ2) is 6.90. The number of hydrogen-bond donors (Lipinski definition) is 0. The van der Waals surface area contributed by atoms with E-state index in [0.29, 0.717) is 25.0 Å². The first-order chi connectivity index (χ1) is 11.1. The molecule has 3 rings (SSSR count). The maximum absolute atomic E-state index is 11.2. The highest BCUT2D eigenvalue weighted by Gasteiger charge is 2.55. The first-order valence-electron chi connectivity index (χ1n) is 8.70. The van der Waals surface area contributed by atoms with Crippen LogP contribution in [0.25, 0.3) is 0 Å². The van der Waals surface area contributed by atoms with Gasteiger partial charge in [-0.3, -0.25) is 0 Å². The van der Waals surface area contributed by atoms with Crippen molar-refractivity contribution in [1.82, 2.24) is 0 Å². The Balaban J connectivity index is 1.47. The maximum atomic E-state index is 11.2. The van der Waals surface area contributed by atoms with Gasteiger partial charge in [-0.25, -0.2) is 9.59 Å². The molecule has 0 aliphatic heterocycles. The van der Waals surface area contributed by atoms with Crippen LogP contribution in [0.1, 0.15) is 32.1 Å². The van der Waals surface area contributed by atoms with Gasteiger partial charge in [-0.1, -0.05) is 13.2 Å². The monoisotopic (exact) mass is 318 g/mol. The largest absolute Gasteiger partial charge is 0.463 e. The third-order valence-corrected chi connectivity index (χ3v) is 6.23. The van der Waals surface area contributed by atoms with Gasteiger partial charge in [0.1, 0.15) is 0 Å². The molecule has 4 nitrogen and oxygen atoms in total. The van der Waals surface area contributed by atoms with Crippen LogP contribution in [-0.2, 0) is 19.1 Å². The summed E-state index contributed by atoms with van der Waals surface area (Å²) < 4.78 is 10.4. The van der Waals surface area contributed by atoms with Crippen molar-refractivity contribution in [3.63, 3.8) is 0 Å². The highest BCUT2D eigenvalue weighted by molar-refractivity contribution is 5.81. The summed E-state index contributed by atoms with van der Waals surface area (Å²) in [6.07, 6.45) is 8.43. The van der Waals surface area contributed by atoms with E-state index in [9.17, 15) is 9.59 Å². The number of carbonyl (C=O) groups excluding carboxylic acids is 2. The second-order valence-electron chi connectivity index (χ2n) is 7.32. The zero-order chi connectivity index (χ0) is 16.4. The predicted octanol–water partition coefficient (Wildman–Crippen LogP) is 3.13. The minimum Gasteiger partial charge on any atom is -0.463 e. The van der Waals surface area contributed by atoms with Crippen LogP contribution in [0.5, 0.6) is 0 Å². The average molecular weight is 318 g/mol. The Morgan fingerprint density at radius 3 is 2.35 bits per heavy atom. The summed E-state index contributed by atoms with van der Waals surface area (Å²) in [7, 11) is 0. The lowest BCUT2D eigenvalue weighted by Gasteiger charge is -2.31. The molecule has 0 N–H and O–H groups in total. The molecule has 126 valence electrons. The van der Waals surface area contributed by atoms with Gasteiger partial charge in [0, 0.05) is 12.2 Å². The molecular formula is C19H26O4. The fourth-order valence-electron chi connectivity index (χ4n) is 5.42. The van der Waals surface area contributed by atoms with Gasteiger partial charge in [-0.05, 0) is 67.6 Å². The van der Waals surface area contributed by atoms with Crippen molar-refractivity contribution >= 4 is 11.9 Å². The van der Waals surface area contributed by atoms with Crippen molar-refractivity contribution in [3.05, 3.63) is 25.3 Å². The number of esters is 2. The van der Waals surface area contributed by atoms with Gasteiger partial charge in [-0.2, -0.15) is 0 Å². The third-order valence-electron chi connectivity index (χ3n) is 6.23. The molecule has 3 fully saturated rings. The van der Waals surface area contributed by atoms with Crippen LogP contribution in [0.4, 0.5) is 0 Å². The van der Waals surface area contributed by atoms with E-state index in [4.69, 9.17) is 9.47 Å². The van der Waals surface area contributed by atoms with Crippen LogP contribution in [0.2, 0.25) is 0 Å². The van der Waals surface area contributed by atoms with Gasteiger partial charge >= 0.3 is 11.9 Å². The molecule has 0 spiro atoms. The van der Waals surface area contributed by atoms with Gasteiger partial charge in [0.2, 0.25) is 0 Å². The zero-order valence-corrected chi connectivity index (χ0v) is 13.6. The molecule has 3 saturated carbocycles. The van der Waals surface area contributed by atoms with Crippen molar-refractivity contribution < 1.29 is 19.1 Å². The van der Waals surface area contributed by atoms with Crippen LogP contribution in [0, 0.1) is 35.5 Å². The summed E-state index contributed by atoms with van der Waals surface area (Å²) in [5.74, 6) is 3.76. The molecular weight excluding hydrogens is 292 g/mol. The second-order valence-corrected chi connectivity index (χ2v) is 7.32. The minimum atomic E-state index is -0.323. The summed E-state index contributed by atoms with van der Waals surface area (Å²) >= 11 is 0. The molecule has 4 heteroatoms. The lowest BCUT2D eigenvalue weighted by Crippen LogP contribution is -2.25. The first kappa shape index (κ1) is 16.3. The van der Waals surface area contributed by atoms with E-state index in [2.05, 4.69) is 13.2 Å². The van der Waals surface area contributed by atoms with Gasteiger partial charge in [-0.15, -0.1) is 0 Å². The summed E-state index contributed by atoms with van der Waals surface area (Å²) in [5, 5.41) is 0. The highest BCUT2D eigenvalue weighted by Crippen LogP contribution is 2.62. The molecule has 6 atom stereocenters. The van der Waals surface area contributed by atoms with Gasteiger partial charge in [0.15, 0.2) is 0 Å². The fourth-order valence-corrected chi connectivity index (χ4v) is 5.42. The van der Waals surface area contributed by atoms with Gasteiger partial charge < -0.3 is 9.47 Å². The molecule has 2 bridgehead atoms. The minimum absolute atomic E-state index is 0.313. The number of carbonyl (C=O) groups is 2. The van der Waals surface area contributed by atoms with Gasteiger partial charge in [0.05, 0.1) is 13.2 Å². The fraction of sp³-hybridized carbons (Fsp3) is 0.684. The summed E-state index contributed by atoms with van der Waals surface area (Å²) in [5.41, 5.74) is 0. The van der Waals surface area contributed by atoms with Crippen molar-refractivity contribution in [1.29, 1.82) is 0 Å². The van der Waals surface area contributed by atoms with Crippen molar-refractivity contribution in [2.75, 3.05) is 13.2 Å². The summed E-state index contributed by atoms with van der Waals surface area (Å²) in [4.78, 5) is 22.4. The Morgan fingerprint density at radius 2 is 1.61 bits per heavy atom. The molecule has 6 unspecified atom stereocenters. The van der Waals surface area contributed by atoms with Crippen molar-refractivity contribution in [3.8, 4) is 0 Å². The molecule has 0 aromatic rings. The zero-order valence-electron chi connectivity index (χ0n) is 13.6. The van der Waals surface area contributed by atoms with E-state index in [1.54, 1.807) is 0 Å².